The van der Waals surface area contributed by atoms with Crippen LogP contribution in [0.5, 0.6) is 0 Å². The molecule has 0 radical (unpaired) electrons. The highest BCUT2D eigenvalue weighted by atomic mass is 127. The van der Waals surface area contributed by atoms with Crippen molar-refractivity contribution in [2.75, 3.05) is 0 Å². The molecule has 3 heteroatoms. The molecule has 0 aromatic heterocycles. The van der Waals surface area contributed by atoms with Crippen LogP contribution < -0.4 is 0 Å². The Morgan fingerprint density at radius 3 is 0.833 bits per heavy atom. The summed E-state index contributed by atoms with van der Waals surface area (Å²) < 4.78 is 0.519. The van der Waals surface area contributed by atoms with Crippen molar-refractivity contribution in [1.29, 1.82) is 0 Å². The Balaban J connectivity index is 3.49. The van der Waals surface area contributed by atoms with Gasteiger partial charge in [-0.1, -0.05) is 86.0 Å². The van der Waals surface area contributed by atoms with Crippen LogP contribution in [0.1, 0.15) is 58.2 Å². The molecule has 0 N–H and O–H groups in total. The second-order valence-corrected chi connectivity index (χ2v) is 14.3. The maximum atomic E-state index is 2.53. The van der Waals surface area contributed by atoms with Crippen molar-refractivity contribution in [1.82, 2.24) is 0 Å². The van der Waals surface area contributed by atoms with Gasteiger partial charge in [-0.2, -0.15) is 0 Å². The molecule has 0 aliphatic carbocycles. The van der Waals surface area contributed by atoms with Crippen LogP contribution in [0.15, 0.2) is 18.2 Å². The van der Waals surface area contributed by atoms with Gasteiger partial charge in [-0.25, -0.2) is 0 Å². The summed E-state index contributed by atoms with van der Waals surface area (Å²) in [6, 6.07) is 7.10. The Morgan fingerprint density at radius 2 is 0.722 bits per heavy atom. The highest BCUT2D eigenvalue weighted by Gasteiger charge is 2.26. The van der Waals surface area contributed by atoms with E-state index in [1.807, 2.05) is 0 Å². The first-order valence-corrected chi connectivity index (χ1v) is 9.29. The molecule has 0 aliphatic rings. The molecule has 18 heavy (non-hydrogen) atoms. The van der Waals surface area contributed by atoms with Gasteiger partial charge in [0.25, 0.3) is 0 Å². The zero-order chi connectivity index (χ0) is 14.4. The van der Waals surface area contributed by atoms with Gasteiger partial charge in [0.1, 0.15) is 0 Å². The fourth-order valence-corrected chi connectivity index (χ4v) is 2.59. The SMILES string of the molecule is CC(C)(I)c1cc(C(C)(C)I)cc(C(C)(C)I)c1. The lowest BCUT2D eigenvalue weighted by Crippen LogP contribution is -2.16. The number of rotatable bonds is 3. The highest BCUT2D eigenvalue weighted by molar-refractivity contribution is 14.1. The van der Waals surface area contributed by atoms with E-state index in [0.29, 0.717) is 0 Å². The molecule has 102 valence electrons. The first-order valence-electron chi connectivity index (χ1n) is 6.05. The minimum Gasteiger partial charge on any atom is -0.0743 e. The van der Waals surface area contributed by atoms with Crippen molar-refractivity contribution in [2.45, 2.75) is 51.8 Å². The van der Waals surface area contributed by atoms with E-state index in [1.54, 1.807) is 0 Å². The third kappa shape index (κ3) is 4.75. The minimum absolute atomic E-state index is 0.173. The molecular formula is C15H21I3. The summed E-state index contributed by atoms with van der Waals surface area (Å²) in [7, 11) is 0. The third-order valence-electron chi connectivity index (χ3n) is 2.99. The second kappa shape index (κ2) is 5.66. The highest BCUT2D eigenvalue weighted by Crippen LogP contribution is 2.41. The van der Waals surface area contributed by atoms with E-state index in [2.05, 4.69) is 128 Å². The van der Waals surface area contributed by atoms with Gasteiger partial charge in [0.15, 0.2) is 0 Å². The number of hydrogen-bond donors (Lipinski definition) is 0. The molecule has 0 bridgehead atoms. The van der Waals surface area contributed by atoms with Crippen molar-refractivity contribution in [3.8, 4) is 0 Å². The molecular weight excluding hydrogens is 561 g/mol. The minimum atomic E-state index is 0.173. The van der Waals surface area contributed by atoms with Crippen LogP contribution in [0.4, 0.5) is 0 Å². The quantitative estimate of drug-likeness (QED) is 0.275. The fraction of sp³-hybridized carbons (Fsp3) is 0.600. The molecule has 0 atom stereocenters. The van der Waals surface area contributed by atoms with E-state index < -0.39 is 0 Å². The Kier molecular flexibility index (Phi) is 5.49. The van der Waals surface area contributed by atoms with Gasteiger partial charge < -0.3 is 0 Å². The zero-order valence-electron chi connectivity index (χ0n) is 11.9. The Morgan fingerprint density at radius 1 is 0.556 bits per heavy atom. The van der Waals surface area contributed by atoms with Crippen LogP contribution in [0.25, 0.3) is 0 Å². The number of benzene rings is 1. The molecule has 1 rings (SSSR count). The molecule has 0 nitrogen and oxygen atoms in total. The molecule has 0 spiro atoms. The van der Waals surface area contributed by atoms with Crippen LogP contribution in [0, 0.1) is 0 Å². The van der Waals surface area contributed by atoms with Crippen LogP contribution in [0.3, 0.4) is 0 Å². The van der Waals surface area contributed by atoms with Crippen molar-refractivity contribution < 1.29 is 0 Å². The molecule has 1 aromatic carbocycles. The largest absolute Gasteiger partial charge is 0.0743 e. The lowest BCUT2D eigenvalue weighted by Gasteiger charge is -2.27. The van der Waals surface area contributed by atoms with Crippen LogP contribution in [0.2, 0.25) is 0 Å². The Labute approximate surface area is 153 Å². The average Bonchev–Trinajstić information content (AvgIpc) is 2.13. The lowest BCUT2D eigenvalue weighted by atomic mass is 9.89. The molecule has 0 saturated heterocycles. The maximum Gasteiger partial charge on any atom is 0.0414 e. The molecule has 1 aromatic rings. The Hall–Kier alpha value is 1.41. The van der Waals surface area contributed by atoms with Crippen molar-refractivity contribution in [3.63, 3.8) is 0 Å². The smallest absolute Gasteiger partial charge is 0.0414 e. The van der Waals surface area contributed by atoms with E-state index in [-0.39, 0.29) is 10.3 Å². The first-order chi connectivity index (χ1) is 7.82. The summed E-state index contributed by atoms with van der Waals surface area (Å²) in [6.07, 6.45) is 0. The van der Waals surface area contributed by atoms with Crippen molar-refractivity contribution in [2.24, 2.45) is 0 Å². The van der Waals surface area contributed by atoms with E-state index in [4.69, 9.17) is 0 Å². The van der Waals surface area contributed by atoms with Gasteiger partial charge >= 0.3 is 0 Å². The zero-order valence-corrected chi connectivity index (χ0v) is 18.3. The monoisotopic (exact) mass is 582 g/mol. The summed E-state index contributed by atoms with van der Waals surface area (Å²) >= 11 is 7.58. The summed E-state index contributed by atoms with van der Waals surface area (Å²) in [5.74, 6) is 0. The average molecular weight is 582 g/mol. The summed E-state index contributed by atoms with van der Waals surface area (Å²) in [4.78, 5) is 0. The Bertz CT molecular complexity index is 350. The van der Waals surface area contributed by atoms with E-state index in [9.17, 15) is 0 Å². The van der Waals surface area contributed by atoms with Crippen molar-refractivity contribution in [3.05, 3.63) is 34.9 Å². The first kappa shape index (κ1) is 17.5. The van der Waals surface area contributed by atoms with Gasteiger partial charge in [-0.15, -0.1) is 0 Å². The van der Waals surface area contributed by atoms with Gasteiger partial charge in [-0.05, 0) is 58.2 Å². The standard InChI is InChI=1S/C15H21I3/c1-13(2,16)10-7-11(14(3,4)17)9-12(8-10)15(5,6)18/h7-9H,1-6H3. The van der Waals surface area contributed by atoms with Gasteiger partial charge in [0.05, 0.1) is 0 Å². The molecule has 0 aliphatic heterocycles. The lowest BCUT2D eigenvalue weighted by molar-refractivity contribution is 0.767. The van der Waals surface area contributed by atoms with Crippen LogP contribution in [-0.4, -0.2) is 0 Å². The normalized spacial score (nSPS) is 13.8. The molecule has 0 amide bonds. The molecule has 0 saturated carbocycles. The fourth-order valence-electron chi connectivity index (χ4n) is 1.66. The van der Waals surface area contributed by atoms with Crippen molar-refractivity contribution >= 4 is 67.8 Å². The van der Waals surface area contributed by atoms with E-state index in [0.717, 1.165) is 0 Å². The molecule has 0 unspecified atom stereocenters. The topological polar surface area (TPSA) is 0 Å². The van der Waals surface area contributed by atoms with E-state index >= 15 is 0 Å². The number of halogens is 3. The van der Waals surface area contributed by atoms with E-state index in [1.165, 1.54) is 16.7 Å². The van der Waals surface area contributed by atoms with Crippen LogP contribution >= 0.6 is 67.8 Å². The third-order valence-corrected chi connectivity index (χ3v) is 4.86. The number of alkyl halides is 3. The summed E-state index contributed by atoms with van der Waals surface area (Å²) in [5, 5.41) is 0. The predicted molar refractivity (Wildman–Crippen MR) is 108 cm³/mol. The van der Waals surface area contributed by atoms with Gasteiger partial charge in [-0.3, -0.25) is 0 Å². The second-order valence-electron chi connectivity index (χ2n) is 6.22. The summed E-state index contributed by atoms with van der Waals surface area (Å²) in [5.41, 5.74) is 4.26. The maximum absolute atomic E-state index is 2.53. The number of hydrogen-bond acceptors (Lipinski definition) is 0. The van der Waals surface area contributed by atoms with Gasteiger partial charge in [0, 0.05) is 10.3 Å². The predicted octanol–water partition coefficient (Wildman–Crippen LogP) is 6.70. The summed E-state index contributed by atoms with van der Waals surface area (Å²) in [6.45, 7) is 13.6. The van der Waals surface area contributed by atoms with Crippen LogP contribution in [-0.2, 0) is 10.3 Å². The van der Waals surface area contributed by atoms with Gasteiger partial charge in [0.2, 0.25) is 0 Å². The molecule has 0 fully saturated rings. The molecule has 0 heterocycles.